The molecule has 0 aliphatic heterocycles. The van der Waals surface area contributed by atoms with Gasteiger partial charge in [0.1, 0.15) is 0 Å². The highest BCUT2D eigenvalue weighted by Gasteiger charge is 2.27. The number of hydrogen-bond acceptors (Lipinski definition) is 2. The third-order valence-electron chi connectivity index (χ3n) is 4.44. The summed E-state index contributed by atoms with van der Waals surface area (Å²) < 4.78 is 0. The summed E-state index contributed by atoms with van der Waals surface area (Å²) in [5.41, 5.74) is 5.00. The van der Waals surface area contributed by atoms with E-state index in [4.69, 9.17) is 35.4 Å². The van der Waals surface area contributed by atoms with Crippen LogP contribution in [0.25, 0.3) is 0 Å². The molecule has 0 bridgehead atoms. The molecule has 0 spiro atoms. The van der Waals surface area contributed by atoms with Crippen molar-refractivity contribution in [3.8, 4) is 0 Å². The first-order valence-corrected chi connectivity index (χ1v) is 8.58. The van der Waals surface area contributed by atoms with Gasteiger partial charge in [0.05, 0.1) is 10.0 Å². The fourth-order valence-electron chi connectivity index (χ4n) is 3.31. The van der Waals surface area contributed by atoms with Gasteiger partial charge in [0.25, 0.3) is 0 Å². The molecule has 4 heteroatoms. The molecule has 0 fully saturated rings. The van der Waals surface area contributed by atoms with Gasteiger partial charge in [-0.3, -0.25) is 0 Å². The van der Waals surface area contributed by atoms with Crippen LogP contribution in [-0.2, 0) is 0 Å². The van der Waals surface area contributed by atoms with Gasteiger partial charge < -0.3 is 5.32 Å². The van der Waals surface area contributed by atoms with Crippen LogP contribution in [0.4, 0.5) is 0 Å². The van der Waals surface area contributed by atoms with Crippen LogP contribution in [0.5, 0.6) is 0 Å². The van der Waals surface area contributed by atoms with Gasteiger partial charge in [0.15, 0.2) is 0 Å². The van der Waals surface area contributed by atoms with Crippen molar-refractivity contribution in [3.05, 3.63) is 68.7 Å². The molecule has 0 saturated carbocycles. The minimum atomic E-state index is 0.355. The van der Waals surface area contributed by atoms with Crippen molar-refractivity contribution in [3.63, 3.8) is 0 Å². The topological polar surface area (TPSA) is 12.0 Å². The van der Waals surface area contributed by atoms with E-state index in [0.29, 0.717) is 22.0 Å². The molecule has 3 rings (SSSR count). The molecule has 2 aromatic rings. The number of hydrogen-bond donors (Lipinski definition) is 1. The van der Waals surface area contributed by atoms with Crippen LogP contribution in [0.3, 0.4) is 0 Å². The molecule has 2 aromatic carbocycles. The van der Waals surface area contributed by atoms with Crippen molar-refractivity contribution in [1.82, 2.24) is 5.32 Å². The summed E-state index contributed by atoms with van der Waals surface area (Å²) >= 11 is 17.3. The standard InChI is InChI=1S/C18H17Cl2NS/c1-21-18-7-5-13(12-3-6-16(19)17(20)9-12)14-4-2-11(10-22)8-15(14)18/h2-4,6,8-10,13,18,21H,5,7H2,1H3/t13-,18-/m0/s1. The Kier molecular flexibility index (Phi) is 4.84. The molecule has 0 heterocycles. The van der Waals surface area contributed by atoms with Crippen LogP contribution in [0.15, 0.2) is 36.4 Å². The summed E-state index contributed by atoms with van der Waals surface area (Å²) in [5.74, 6) is 0.355. The van der Waals surface area contributed by atoms with Gasteiger partial charge in [-0.1, -0.05) is 53.6 Å². The number of rotatable bonds is 3. The number of benzene rings is 2. The Morgan fingerprint density at radius 1 is 1.05 bits per heavy atom. The zero-order valence-electron chi connectivity index (χ0n) is 12.3. The lowest BCUT2D eigenvalue weighted by Crippen LogP contribution is -2.24. The first-order chi connectivity index (χ1) is 10.6. The Hall–Kier alpha value is -0.930. The molecule has 0 unspecified atom stereocenters. The Morgan fingerprint density at radius 2 is 1.86 bits per heavy atom. The van der Waals surface area contributed by atoms with Crippen LogP contribution in [-0.4, -0.2) is 12.4 Å². The molecule has 0 saturated heterocycles. The van der Waals surface area contributed by atoms with Crippen molar-refractivity contribution in [1.29, 1.82) is 0 Å². The first-order valence-electron chi connectivity index (χ1n) is 7.35. The largest absolute Gasteiger partial charge is 0.313 e. The molecule has 1 aliphatic carbocycles. The highest BCUT2D eigenvalue weighted by molar-refractivity contribution is 7.79. The molecular formula is C18H17Cl2NS. The van der Waals surface area contributed by atoms with E-state index < -0.39 is 0 Å². The van der Waals surface area contributed by atoms with E-state index in [-0.39, 0.29) is 0 Å². The Labute approximate surface area is 146 Å². The molecule has 0 radical (unpaired) electrons. The SMILES string of the molecule is CN[C@H]1CC[C@@H](c2ccc(Cl)c(Cl)c2)c2ccc(C=S)cc21. The summed E-state index contributed by atoms with van der Waals surface area (Å²) in [5, 5.41) is 6.36. The second-order valence-electron chi connectivity index (χ2n) is 5.65. The van der Waals surface area contributed by atoms with Gasteiger partial charge in [-0.25, -0.2) is 0 Å². The lowest BCUT2D eigenvalue weighted by atomic mass is 9.76. The quantitative estimate of drug-likeness (QED) is 0.731. The second kappa shape index (κ2) is 6.67. The van der Waals surface area contributed by atoms with E-state index in [1.54, 1.807) is 5.37 Å². The third-order valence-corrected chi connectivity index (χ3v) is 5.45. The van der Waals surface area contributed by atoms with Crippen molar-refractivity contribution in [2.24, 2.45) is 0 Å². The van der Waals surface area contributed by atoms with E-state index in [2.05, 4.69) is 29.6 Å². The van der Waals surface area contributed by atoms with Crippen LogP contribution < -0.4 is 5.32 Å². The van der Waals surface area contributed by atoms with Crippen molar-refractivity contribution in [2.75, 3.05) is 7.05 Å². The van der Waals surface area contributed by atoms with Crippen LogP contribution in [0.2, 0.25) is 10.0 Å². The average molecular weight is 350 g/mol. The molecule has 1 N–H and O–H groups in total. The minimum Gasteiger partial charge on any atom is -0.313 e. The predicted molar refractivity (Wildman–Crippen MR) is 98.5 cm³/mol. The maximum absolute atomic E-state index is 6.20. The van der Waals surface area contributed by atoms with E-state index in [1.807, 2.05) is 19.2 Å². The van der Waals surface area contributed by atoms with Gasteiger partial charge in [-0.2, -0.15) is 0 Å². The lowest BCUT2D eigenvalue weighted by Gasteiger charge is -2.32. The van der Waals surface area contributed by atoms with Crippen LogP contribution in [0, 0.1) is 0 Å². The second-order valence-corrected chi connectivity index (χ2v) is 6.70. The summed E-state index contributed by atoms with van der Waals surface area (Å²) in [7, 11) is 2.01. The third kappa shape index (κ3) is 2.93. The first kappa shape index (κ1) is 15.9. The van der Waals surface area contributed by atoms with Gasteiger partial charge in [0, 0.05) is 17.3 Å². The normalized spacial score (nSPS) is 20.5. The smallest absolute Gasteiger partial charge is 0.0595 e. The number of fused-ring (bicyclic) bond motifs is 1. The highest BCUT2D eigenvalue weighted by Crippen LogP contribution is 2.42. The van der Waals surface area contributed by atoms with E-state index >= 15 is 0 Å². The molecule has 22 heavy (non-hydrogen) atoms. The minimum absolute atomic E-state index is 0.355. The molecule has 0 aromatic heterocycles. The van der Waals surface area contributed by atoms with Gasteiger partial charge in [-0.05, 0) is 60.3 Å². The molecule has 1 nitrogen and oxygen atoms in total. The number of nitrogens with one attached hydrogen (secondary N) is 1. The molecule has 114 valence electrons. The van der Waals surface area contributed by atoms with Gasteiger partial charge in [0.2, 0.25) is 0 Å². The Balaban J connectivity index is 2.08. The van der Waals surface area contributed by atoms with E-state index in [1.165, 1.54) is 16.7 Å². The zero-order valence-corrected chi connectivity index (χ0v) is 14.6. The average Bonchev–Trinajstić information content (AvgIpc) is 2.55. The Morgan fingerprint density at radius 3 is 2.55 bits per heavy atom. The molecular weight excluding hydrogens is 333 g/mol. The zero-order chi connectivity index (χ0) is 15.7. The van der Waals surface area contributed by atoms with Crippen LogP contribution >= 0.6 is 35.4 Å². The molecule has 1 aliphatic rings. The highest BCUT2D eigenvalue weighted by atomic mass is 35.5. The maximum Gasteiger partial charge on any atom is 0.0595 e. The van der Waals surface area contributed by atoms with Crippen molar-refractivity contribution < 1.29 is 0 Å². The number of thiocarbonyl (C=S) groups is 1. The summed E-state index contributed by atoms with van der Waals surface area (Å²) in [6, 6.07) is 12.8. The fourth-order valence-corrected chi connectivity index (χ4v) is 3.76. The van der Waals surface area contributed by atoms with E-state index in [9.17, 15) is 0 Å². The lowest BCUT2D eigenvalue weighted by molar-refractivity contribution is 0.471. The molecule has 0 amide bonds. The molecule has 2 atom stereocenters. The van der Waals surface area contributed by atoms with E-state index in [0.717, 1.165) is 18.4 Å². The van der Waals surface area contributed by atoms with Gasteiger partial charge >= 0.3 is 0 Å². The number of halogens is 2. The maximum atomic E-state index is 6.20. The van der Waals surface area contributed by atoms with Gasteiger partial charge in [-0.15, -0.1) is 0 Å². The summed E-state index contributed by atoms with van der Waals surface area (Å²) in [6.45, 7) is 0. The van der Waals surface area contributed by atoms with Crippen LogP contribution in [0.1, 0.15) is 47.1 Å². The van der Waals surface area contributed by atoms with Crippen molar-refractivity contribution >= 4 is 40.8 Å². The predicted octanol–water partition coefficient (Wildman–Crippen LogP) is 5.53. The fraction of sp³-hybridized carbons (Fsp3) is 0.278. The Bertz CT molecular complexity index is 714. The summed E-state index contributed by atoms with van der Waals surface area (Å²) in [6.07, 6.45) is 2.18. The summed E-state index contributed by atoms with van der Waals surface area (Å²) in [4.78, 5) is 0. The van der Waals surface area contributed by atoms with Crippen molar-refractivity contribution in [2.45, 2.75) is 24.8 Å². The monoisotopic (exact) mass is 349 g/mol.